The van der Waals surface area contributed by atoms with Gasteiger partial charge in [-0.3, -0.25) is 0 Å². The fraction of sp³-hybridized carbons (Fsp3) is 0. The van der Waals surface area contributed by atoms with Crippen LogP contribution in [0.2, 0.25) is 5.15 Å². The molecular weight excluding hydrogens is 196 g/mol. The van der Waals surface area contributed by atoms with Crippen LogP contribution in [-0.4, -0.2) is 18.5 Å². The van der Waals surface area contributed by atoms with E-state index in [9.17, 15) is 4.79 Å². The van der Waals surface area contributed by atoms with Gasteiger partial charge in [0.25, 0.3) is 0 Å². The third-order valence-corrected chi connectivity index (χ3v) is 2.23. The first-order valence-corrected chi connectivity index (χ1v) is 4.41. The summed E-state index contributed by atoms with van der Waals surface area (Å²) >= 11 is 5.79. The standard InChI is InChI=1S/C10H5BClNO/c11-9(14)7-5-6-3-1-2-4-8(6)13-10(7)12/h1-5H. The molecule has 2 nitrogen and oxygen atoms in total. The molecule has 66 valence electrons. The van der Waals surface area contributed by atoms with Gasteiger partial charge in [0.2, 0.25) is 0 Å². The molecule has 0 aliphatic rings. The second-order valence-electron chi connectivity index (χ2n) is 2.88. The molecule has 0 saturated carbocycles. The van der Waals surface area contributed by atoms with Crippen molar-refractivity contribution in [1.82, 2.24) is 4.98 Å². The van der Waals surface area contributed by atoms with Crippen molar-refractivity contribution in [2.75, 3.05) is 0 Å². The summed E-state index contributed by atoms with van der Waals surface area (Å²) in [5.74, 6) is 0. The van der Waals surface area contributed by atoms with E-state index in [-0.39, 0.29) is 10.7 Å². The highest BCUT2D eigenvalue weighted by molar-refractivity contribution is 6.63. The average Bonchev–Trinajstić information content (AvgIpc) is 2.16. The summed E-state index contributed by atoms with van der Waals surface area (Å²) in [6.45, 7) is 0. The lowest BCUT2D eigenvalue weighted by molar-refractivity contribution is 0.108. The quantitative estimate of drug-likeness (QED) is 0.523. The molecule has 14 heavy (non-hydrogen) atoms. The molecule has 0 aliphatic carbocycles. The molecule has 0 saturated heterocycles. The molecular formula is C10H5BClNO. The van der Waals surface area contributed by atoms with E-state index < -0.39 is 5.68 Å². The Hall–Kier alpha value is -1.35. The van der Waals surface area contributed by atoms with E-state index in [0.717, 1.165) is 10.9 Å². The van der Waals surface area contributed by atoms with Gasteiger partial charge in [0.15, 0.2) is 7.85 Å². The van der Waals surface area contributed by atoms with Gasteiger partial charge >= 0.3 is 0 Å². The van der Waals surface area contributed by atoms with Crippen LogP contribution in [0.25, 0.3) is 10.9 Å². The number of fused-ring (bicyclic) bond motifs is 1. The molecule has 0 N–H and O–H groups in total. The van der Waals surface area contributed by atoms with E-state index in [1.165, 1.54) is 0 Å². The number of para-hydroxylation sites is 1. The topological polar surface area (TPSA) is 30.0 Å². The van der Waals surface area contributed by atoms with E-state index in [0.29, 0.717) is 0 Å². The molecule has 0 fully saturated rings. The van der Waals surface area contributed by atoms with Gasteiger partial charge in [0, 0.05) is 10.9 Å². The summed E-state index contributed by atoms with van der Waals surface area (Å²) in [5, 5.41) is 1.00. The van der Waals surface area contributed by atoms with Gasteiger partial charge in [-0.25, -0.2) is 4.98 Å². The number of carbonyl (C=O) groups excluding carboxylic acids is 1. The number of halogens is 1. The maximum Gasteiger partial charge on any atom is 0.175 e. The van der Waals surface area contributed by atoms with Crippen LogP contribution in [-0.2, 0) is 0 Å². The van der Waals surface area contributed by atoms with Gasteiger partial charge in [-0.15, -0.1) is 0 Å². The molecule has 2 aromatic rings. The van der Waals surface area contributed by atoms with Crippen LogP contribution in [0.4, 0.5) is 0 Å². The summed E-state index contributed by atoms with van der Waals surface area (Å²) < 4.78 is 0. The van der Waals surface area contributed by atoms with Crippen molar-refractivity contribution in [2.45, 2.75) is 0 Å². The number of carbonyl (C=O) groups is 1. The van der Waals surface area contributed by atoms with Gasteiger partial charge in [-0.1, -0.05) is 29.8 Å². The van der Waals surface area contributed by atoms with E-state index in [1.807, 2.05) is 24.3 Å². The van der Waals surface area contributed by atoms with E-state index in [1.54, 1.807) is 6.07 Å². The van der Waals surface area contributed by atoms with Crippen molar-refractivity contribution in [3.63, 3.8) is 0 Å². The monoisotopic (exact) mass is 201 g/mol. The van der Waals surface area contributed by atoms with E-state index in [2.05, 4.69) is 4.98 Å². The lowest BCUT2D eigenvalue weighted by Gasteiger charge is -2.02. The predicted octanol–water partition coefficient (Wildman–Crippen LogP) is 2.20. The molecule has 0 unspecified atom stereocenters. The summed E-state index contributed by atoms with van der Waals surface area (Å²) in [4.78, 5) is 15.0. The Kier molecular flexibility index (Phi) is 2.26. The van der Waals surface area contributed by atoms with Crippen LogP contribution in [0.5, 0.6) is 0 Å². The first kappa shape index (κ1) is 9.22. The van der Waals surface area contributed by atoms with Gasteiger partial charge in [-0.2, -0.15) is 0 Å². The van der Waals surface area contributed by atoms with Crippen molar-refractivity contribution < 1.29 is 4.79 Å². The van der Waals surface area contributed by atoms with Crippen LogP contribution >= 0.6 is 11.6 Å². The van der Waals surface area contributed by atoms with Gasteiger partial charge in [0.05, 0.1) is 5.52 Å². The number of hydrogen-bond acceptors (Lipinski definition) is 2. The third-order valence-electron chi connectivity index (χ3n) is 1.94. The Morgan fingerprint density at radius 3 is 2.79 bits per heavy atom. The third kappa shape index (κ3) is 1.51. The number of nitrogens with zero attached hydrogens (tertiary/aromatic N) is 1. The second-order valence-corrected chi connectivity index (χ2v) is 3.24. The Labute approximate surface area is 87.3 Å². The minimum absolute atomic E-state index is 0.149. The van der Waals surface area contributed by atoms with Crippen molar-refractivity contribution in [1.29, 1.82) is 0 Å². The van der Waals surface area contributed by atoms with Gasteiger partial charge in [0.1, 0.15) is 10.8 Å². The van der Waals surface area contributed by atoms with Crippen LogP contribution < -0.4 is 0 Å². The Morgan fingerprint density at radius 1 is 1.36 bits per heavy atom. The molecule has 2 rings (SSSR count). The zero-order chi connectivity index (χ0) is 10.1. The van der Waals surface area contributed by atoms with Crippen LogP contribution in [0.15, 0.2) is 30.3 Å². The van der Waals surface area contributed by atoms with Crippen molar-refractivity contribution in [3.05, 3.63) is 41.0 Å². The molecule has 0 amide bonds. The van der Waals surface area contributed by atoms with Crippen LogP contribution in [0.3, 0.4) is 0 Å². The highest BCUT2D eigenvalue weighted by Crippen LogP contribution is 2.19. The lowest BCUT2D eigenvalue weighted by Crippen LogP contribution is -2.00. The highest BCUT2D eigenvalue weighted by atomic mass is 35.5. The fourth-order valence-corrected chi connectivity index (χ4v) is 1.50. The van der Waals surface area contributed by atoms with Crippen LogP contribution in [0.1, 0.15) is 10.4 Å². The molecule has 1 aromatic carbocycles. The van der Waals surface area contributed by atoms with Crippen LogP contribution in [0, 0.1) is 0 Å². The number of benzene rings is 1. The van der Waals surface area contributed by atoms with Crippen molar-refractivity contribution >= 4 is 36.0 Å². The Balaban J connectivity index is 2.77. The first-order valence-electron chi connectivity index (χ1n) is 4.03. The SMILES string of the molecule is [B]C(=O)c1cc2ccccc2nc1Cl. The first-order chi connectivity index (χ1) is 6.68. The average molecular weight is 201 g/mol. The van der Waals surface area contributed by atoms with E-state index in [4.69, 9.17) is 19.4 Å². The highest BCUT2D eigenvalue weighted by Gasteiger charge is 2.07. The van der Waals surface area contributed by atoms with Gasteiger partial charge < -0.3 is 4.79 Å². The molecule has 0 aliphatic heterocycles. The Morgan fingerprint density at radius 2 is 2.07 bits per heavy atom. The summed E-state index contributed by atoms with van der Waals surface area (Å²) in [6.07, 6.45) is 0. The molecule has 1 heterocycles. The number of hydrogen-bond donors (Lipinski definition) is 0. The number of pyridine rings is 1. The number of rotatable bonds is 1. The molecule has 0 spiro atoms. The summed E-state index contributed by atoms with van der Waals surface area (Å²) in [5.41, 5.74) is 0.445. The van der Waals surface area contributed by atoms with E-state index >= 15 is 0 Å². The maximum absolute atomic E-state index is 11.0. The Bertz CT molecular complexity index is 512. The zero-order valence-electron chi connectivity index (χ0n) is 7.20. The largest absolute Gasteiger partial charge is 0.307 e. The molecule has 1 aromatic heterocycles. The molecule has 0 bridgehead atoms. The van der Waals surface area contributed by atoms with Crippen molar-refractivity contribution in [3.8, 4) is 0 Å². The van der Waals surface area contributed by atoms with Crippen molar-refractivity contribution in [2.24, 2.45) is 0 Å². The van der Waals surface area contributed by atoms with Gasteiger partial charge in [-0.05, 0) is 12.1 Å². The molecule has 4 heteroatoms. The zero-order valence-corrected chi connectivity index (χ0v) is 7.95. The lowest BCUT2D eigenvalue weighted by atomic mass is 9.95. The minimum atomic E-state index is -0.562. The minimum Gasteiger partial charge on any atom is -0.307 e. The second kappa shape index (κ2) is 3.43. The predicted molar refractivity (Wildman–Crippen MR) is 56.8 cm³/mol. The molecule has 0 atom stereocenters. The maximum atomic E-state index is 11.0. The molecule has 2 radical (unpaired) electrons. The summed E-state index contributed by atoms with van der Waals surface area (Å²) in [6, 6.07) is 9.04. The smallest absolute Gasteiger partial charge is 0.175 e. The summed E-state index contributed by atoms with van der Waals surface area (Å²) in [7, 11) is 5.14. The number of aromatic nitrogens is 1. The fourth-order valence-electron chi connectivity index (χ4n) is 1.27. The normalized spacial score (nSPS) is 10.4.